The molecule has 0 amide bonds. The zero-order valence-electron chi connectivity index (χ0n) is 25.6. The van der Waals surface area contributed by atoms with Crippen LogP contribution in [-0.2, 0) is 25.7 Å². The second-order valence-corrected chi connectivity index (χ2v) is 14.9. The summed E-state index contributed by atoms with van der Waals surface area (Å²) in [5.41, 5.74) is 18.7. The number of rotatable bonds is 2. The van der Waals surface area contributed by atoms with Gasteiger partial charge in [0, 0.05) is 34.1 Å². The van der Waals surface area contributed by atoms with E-state index in [9.17, 15) is 0 Å². The molecule has 0 saturated heterocycles. The summed E-state index contributed by atoms with van der Waals surface area (Å²) in [6.45, 7) is 9.89. The molecule has 5 aromatic carbocycles. The monoisotopic (exact) mass is 556 g/mol. The third-order valence-electron chi connectivity index (χ3n) is 10.3. The summed E-state index contributed by atoms with van der Waals surface area (Å²) in [7, 11) is 0. The Morgan fingerprint density at radius 3 is 1.28 bits per heavy atom. The van der Waals surface area contributed by atoms with Gasteiger partial charge in [-0.05, 0) is 124 Å². The van der Waals surface area contributed by atoms with Crippen LogP contribution in [0.1, 0.15) is 49.9 Å². The van der Waals surface area contributed by atoms with Gasteiger partial charge in [-0.1, -0.05) is 82.3 Å². The van der Waals surface area contributed by atoms with Crippen LogP contribution in [0.25, 0.3) is 0 Å². The number of benzene rings is 5. The molecule has 0 N–H and O–H groups in total. The van der Waals surface area contributed by atoms with Gasteiger partial charge in [-0.3, -0.25) is 0 Å². The molecule has 3 heteroatoms. The number of nitrogens with zero attached hydrogens (tertiary/aromatic N) is 2. The van der Waals surface area contributed by atoms with Crippen molar-refractivity contribution in [2.24, 2.45) is 10.8 Å². The fourth-order valence-corrected chi connectivity index (χ4v) is 8.76. The molecular formula is C40H37BN2. The Morgan fingerprint density at radius 1 is 0.465 bits per heavy atom. The minimum absolute atomic E-state index is 0.194. The molecule has 0 saturated carbocycles. The predicted molar refractivity (Wildman–Crippen MR) is 183 cm³/mol. The Hall–Kier alpha value is -4.24. The maximum absolute atomic E-state index is 2.60. The molecule has 0 spiro atoms. The van der Waals surface area contributed by atoms with E-state index in [-0.39, 0.29) is 6.71 Å². The highest BCUT2D eigenvalue weighted by atomic mass is 15.2. The van der Waals surface area contributed by atoms with Gasteiger partial charge in [-0.15, -0.1) is 0 Å². The second kappa shape index (κ2) is 8.66. The standard InChI is InChI=1S/C40H37BN2/c1-39(2)22-26-18-32-36(20-28(26)24-39)42(30-12-7-5-8-13-30)34-16-11-17-35-38(34)41(32)33-19-27-23-40(3,4)25-29(27)21-37(33)43(35)31-14-9-6-10-15-31/h5-21H,22-25H2,1-4H3. The van der Waals surface area contributed by atoms with Crippen LogP contribution in [0.15, 0.2) is 103 Å². The van der Waals surface area contributed by atoms with Crippen molar-refractivity contribution in [2.45, 2.75) is 53.4 Å². The van der Waals surface area contributed by atoms with E-state index in [0.29, 0.717) is 10.8 Å². The summed E-state index contributed by atoms with van der Waals surface area (Å²) in [6.07, 6.45) is 4.56. The second-order valence-electron chi connectivity index (χ2n) is 14.9. The molecule has 0 bridgehead atoms. The summed E-state index contributed by atoms with van der Waals surface area (Å²) >= 11 is 0. The first-order chi connectivity index (χ1) is 20.8. The van der Waals surface area contributed by atoms with E-state index < -0.39 is 0 Å². The van der Waals surface area contributed by atoms with E-state index in [4.69, 9.17) is 0 Å². The molecule has 0 fully saturated rings. The molecule has 4 aliphatic rings. The predicted octanol–water partition coefficient (Wildman–Crippen LogP) is 8.02. The Morgan fingerprint density at radius 2 is 0.860 bits per heavy atom. The van der Waals surface area contributed by atoms with E-state index in [1.165, 1.54) is 72.8 Å². The average Bonchev–Trinajstić information content (AvgIpc) is 3.47. The molecule has 43 heavy (non-hydrogen) atoms. The maximum atomic E-state index is 2.60. The van der Waals surface area contributed by atoms with Gasteiger partial charge < -0.3 is 9.80 Å². The number of hydrogen-bond donors (Lipinski definition) is 0. The van der Waals surface area contributed by atoms with Crippen LogP contribution >= 0.6 is 0 Å². The summed E-state index contributed by atoms with van der Waals surface area (Å²) in [5, 5.41) is 0. The molecule has 2 aliphatic heterocycles. The minimum atomic E-state index is 0.194. The smallest absolute Gasteiger partial charge is 0.252 e. The number of para-hydroxylation sites is 2. The largest absolute Gasteiger partial charge is 0.311 e. The van der Waals surface area contributed by atoms with Crippen LogP contribution in [0.4, 0.5) is 34.1 Å². The quantitative estimate of drug-likeness (QED) is 0.199. The first-order valence-corrected chi connectivity index (χ1v) is 15.9. The van der Waals surface area contributed by atoms with Gasteiger partial charge in [0.2, 0.25) is 0 Å². The van der Waals surface area contributed by atoms with Crippen molar-refractivity contribution in [3.05, 3.63) is 125 Å². The van der Waals surface area contributed by atoms with Crippen molar-refractivity contribution in [3.8, 4) is 0 Å². The van der Waals surface area contributed by atoms with Crippen LogP contribution in [-0.4, -0.2) is 6.71 Å². The Bertz CT molecular complexity index is 1800. The summed E-state index contributed by atoms with van der Waals surface area (Å²) in [5.74, 6) is 0. The lowest BCUT2D eigenvalue weighted by atomic mass is 9.33. The molecule has 2 nitrogen and oxygen atoms in total. The van der Waals surface area contributed by atoms with E-state index in [1.54, 1.807) is 0 Å². The van der Waals surface area contributed by atoms with Crippen LogP contribution in [0.3, 0.4) is 0 Å². The molecule has 5 aromatic rings. The molecule has 2 aliphatic carbocycles. The summed E-state index contributed by atoms with van der Waals surface area (Å²) < 4.78 is 0. The fraction of sp³-hybridized carbons (Fsp3) is 0.250. The van der Waals surface area contributed by atoms with Crippen molar-refractivity contribution in [1.29, 1.82) is 0 Å². The van der Waals surface area contributed by atoms with Gasteiger partial charge in [-0.25, -0.2) is 0 Å². The fourth-order valence-electron chi connectivity index (χ4n) is 8.76. The molecule has 0 aromatic heterocycles. The Balaban J connectivity index is 1.37. The summed E-state index contributed by atoms with van der Waals surface area (Å²) in [6, 6.07) is 39.2. The van der Waals surface area contributed by atoms with Gasteiger partial charge in [-0.2, -0.15) is 0 Å². The topological polar surface area (TPSA) is 6.48 Å². The Labute approximate surface area is 256 Å². The zero-order valence-corrected chi connectivity index (χ0v) is 25.6. The van der Waals surface area contributed by atoms with Crippen LogP contribution in [0.5, 0.6) is 0 Å². The van der Waals surface area contributed by atoms with Gasteiger partial charge in [0.1, 0.15) is 0 Å². The number of fused-ring (bicyclic) bond motifs is 6. The molecule has 2 heterocycles. The number of anilines is 6. The zero-order chi connectivity index (χ0) is 29.1. The van der Waals surface area contributed by atoms with Crippen molar-refractivity contribution < 1.29 is 0 Å². The molecule has 0 unspecified atom stereocenters. The van der Waals surface area contributed by atoms with Gasteiger partial charge in [0.25, 0.3) is 6.71 Å². The van der Waals surface area contributed by atoms with Crippen molar-refractivity contribution >= 4 is 57.2 Å². The highest BCUT2D eigenvalue weighted by Crippen LogP contribution is 2.47. The van der Waals surface area contributed by atoms with E-state index in [2.05, 4.69) is 141 Å². The SMILES string of the molecule is CC1(C)Cc2cc3c(cc2C1)N(c1ccccc1)c1cccc2c1B3c1cc3c(cc1N2c1ccccc1)CC(C)(C)C3. The van der Waals surface area contributed by atoms with Crippen molar-refractivity contribution in [2.75, 3.05) is 9.80 Å². The summed E-state index contributed by atoms with van der Waals surface area (Å²) in [4.78, 5) is 5.09. The lowest BCUT2D eigenvalue weighted by Gasteiger charge is -2.44. The van der Waals surface area contributed by atoms with E-state index in [1.807, 2.05) is 0 Å². The van der Waals surface area contributed by atoms with Crippen molar-refractivity contribution in [1.82, 2.24) is 0 Å². The highest BCUT2D eigenvalue weighted by Gasteiger charge is 2.45. The average molecular weight is 557 g/mol. The first kappa shape index (κ1) is 25.3. The third kappa shape index (κ3) is 3.73. The highest BCUT2D eigenvalue weighted by molar-refractivity contribution is 7.00. The first-order valence-electron chi connectivity index (χ1n) is 15.9. The lowest BCUT2D eigenvalue weighted by Crippen LogP contribution is -2.61. The molecule has 210 valence electrons. The van der Waals surface area contributed by atoms with E-state index in [0.717, 1.165) is 25.7 Å². The van der Waals surface area contributed by atoms with Crippen LogP contribution in [0, 0.1) is 10.8 Å². The molecule has 0 atom stereocenters. The lowest BCUT2D eigenvalue weighted by molar-refractivity contribution is 0.392. The van der Waals surface area contributed by atoms with Gasteiger partial charge in [0.15, 0.2) is 0 Å². The minimum Gasteiger partial charge on any atom is -0.311 e. The number of hydrogen-bond acceptors (Lipinski definition) is 2. The molecule has 9 rings (SSSR count). The molecule has 0 radical (unpaired) electrons. The van der Waals surface area contributed by atoms with Gasteiger partial charge >= 0.3 is 0 Å². The maximum Gasteiger partial charge on any atom is 0.252 e. The third-order valence-corrected chi connectivity index (χ3v) is 10.3. The molecular weight excluding hydrogens is 519 g/mol. The van der Waals surface area contributed by atoms with Crippen molar-refractivity contribution in [3.63, 3.8) is 0 Å². The van der Waals surface area contributed by atoms with Crippen LogP contribution < -0.4 is 26.2 Å². The Kier molecular flexibility index (Phi) is 5.09. The van der Waals surface area contributed by atoms with Gasteiger partial charge in [0.05, 0.1) is 0 Å². The van der Waals surface area contributed by atoms with E-state index >= 15 is 0 Å². The normalized spacial score (nSPS) is 18.1. The van der Waals surface area contributed by atoms with Crippen LogP contribution in [0.2, 0.25) is 0 Å².